The number of hydrogen-bond donors (Lipinski definition) is 0. The third-order valence-electron chi connectivity index (χ3n) is 4.18. The summed E-state index contributed by atoms with van der Waals surface area (Å²) in [5.74, 6) is 1.78. The van der Waals surface area contributed by atoms with Gasteiger partial charge in [-0.1, -0.05) is 53.7 Å². The molecule has 0 bridgehead atoms. The molecule has 0 spiro atoms. The molecular weight excluding hydrogens is 382 g/mol. The molecule has 0 aliphatic heterocycles. The van der Waals surface area contributed by atoms with E-state index in [4.69, 9.17) is 11.6 Å². The van der Waals surface area contributed by atoms with Crippen LogP contribution in [0.1, 0.15) is 25.5 Å². The molecule has 0 unspecified atom stereocenters. The van der Waals surface area contributed by atoms with E-state index in [-0.39, 0.29) is 6.04 Å². The minimum atomic E-state index is 0.284. The van der Waals surface area contributed by atoms with Crippen molar-refractivity contribution < 1.29 is 0 Å². The summed E-state index contributed by atoms with van der Waals surface area (Å²) in [5, 5.41) is 14.1. The molecule has 6 heteroatoms. The lowest BCUT2D eigenvalue weighted by Gasteiger charge is -2.13. The Hall–Kier alpha value is -1.82. The third kappa shape index (κ3) is 3.39. The average molecular weight is 400 g/mol. The van der Waals surface area contributed by atoms with Gasteiger partial charge in [-0.3, -0.25) is 4.57 Å². The zero-order valence-corrected chi connectivity index (χ0v) is 16.9. The minimum Gasteiger partial charge on any atom is -0.299 e. The summed E-state index contributed by atoms with van der Waals surface area (Å²) in [5.41, 5.74) is 2.38. The monoisotopic (exact) mass is 399 g/mol. The summed E-state index contributed by atoms with van der Waals surface area (Å²) >= 11 is 9.43. The zero-order chi connectivity index (χ0) is 18.1. The summed E-state index contributed by atoms with van der Waals surface area (Å²) in [6, 6.07) is 16.7. The highest BCUT2D eigenvalue weighted by molar-refractivity contribution is 7.98. The fraction of sp³-hybridized carbons (Fsp3) is 0.200. The van der Waals surface area contributed by atoms with Crippen LogP contribution in [-0.2, 0) is 5.75 Å². The average Bonchev–Trinajstić information content (AvgIpc) is 3.25. The van der Waals surface area contributed by atoms with Crippen molar-refractivity contribution in [3.63, 3.8) is 0 Å². The normalized spacial score (nSPS) is 11.5. The van der Waals surface area contributed by atoms with Crippen molar-refractivity contribution in [1.82, 2.24) is 14.8 Å². The SMILES string of the molecule is CC(C)n1c(SCc2ccc(Cl)cc2)nnc1-c1csc2ccccc12. The van der Waals surface area contributed by atoms with E-state index in [0.717, 1.165) is 27.3 Å². The molecule has 132 valence electrons. The number of nitrogens with zero attached hydrogens (tertiary/aromatic N) is 3. The highest BCUT2D eigenvalue weighted by Gasteiger charge is 2.19. The van der Waals surface area contributed by atoms with Crippen molar-refractivity contribution in [2.45, 2.75) is 30.8 Å². The van der Waals surface area contributed by atoms with Crippen molar-refractivity contribution in [2.24, 2.45) is 0 Å². The molecule has 0 amide bonds. The number of halogens is 1. The van der Waals surface area contributed by atoms with Gasteiger partial charge in [-0.2, -0.15) is 0 Å². The Morgan fingerprint density at radius 3 is 2.62 bits per heavy atom. The van der Waals surface area contributed by atoms with E-state index in [1.807, 2.05) is 12.1 Å². The van der Waals surface area contributed by atoms with Gasteiger partial charge >= 0.3 is 0 Å². The van der Waals surface area contributed by atoms with Crippen molar-refractivity contribution in [2.75, 3.05) is 0 Å². The maximum Gasteiger partial charge on any atom is 0.192 e. The number of thioether (sulfide) groups is 1. The van der Waals surface area contributed by atoms with Gasteiger partial charge in [-0.05, 0) is 37.6 Å². The molecule has 0 fully saturated rings. The van der Waals surface area contributed by atoms with Crippen molar-refractivity contribution in [3.8, 4) is 11.4 Å². The van der Waals surface area contributed by atoms with Crippen molar-refractivity contribution in [3.05, 3.63) is 64.5 Å². The molecule has 3 nitrogen and oxygen atoms in total. The molecule has 2 aromatic carbocycles. The highest BCUT2D eigenvalue weighted by Crippen LogP contribution is 2.36. The van der Waals surface area contributed by atoms with Crippen LogP contribution in [0.15, 0.2) is 59.1 Å². The Morgan fingerprint density at radius 1 is 1.08 bits per heavy atom. The maximum atomic E-state index is 5.97. The van der Waals surface area contributed by atoms with Crippen LogP contribution in [0.3, 0.4) is 0 Å². The minimum absolute atomic E-state index is 0.284. The van der Waals surface area contributed by atoms with Gasteiger partial charge in [0.15, 0.2) is 11.0 Å². The molecule has 0 atom stereocenters. The third-order valence-corrected chi connectivity index (χ3v) is 6.41. The number of fused-ring (bicyclic) bond motifs is 1. The smallest absolute Gasteiger partial charge is 0.192 e. The largest absolute Gasteiger partial charge is 0.299 e. The number of aromatic nitrogens is 3. The summed E-state index contributed by atoms with van der Waals surface area (Å²) in [6.45, 7) is 4.35. The molecule has 0 radical (unpaired) electrons. The van der Waals surface area contributed by atoms with E-state index in [1.165, 1.54) is 15.6 Å². The van der Waals surface area contributed by atoms with Crippen LogP contribution < -0.4 is 0 Å². The van der Waals surface area contributed by atoms with Gasteiger partial charge in [0.05, 0.1) is 0 Å². The Bertz CT molecular complexity index is 1030. The van der Waals surface area contributed by atoms with Crippen LogP contribution in [0, 0.1) is 0 Å². The highest BCUT2D eigenvalue weighted by atomic mass is 35.5. The summed E-state index contributed by atoms with van der Waals surface area (Å²) in [6.07, 6.45) is 0. The van der Waals surface area contributed by atoms with Gasteiger partial charge < -0.3 is 0 Å². The molecule has 0 saturated heterocycles. The van der Waals surface area contributed by atoms with Crippen LogP contribution in [0.4, 0.5) is 0 Å². The summed E-state index contributed by atoms with van der Waals surface area (Å²) < 4.78 is 3.51. The molecule has 26 heavy (non-hydrogen) atoms. The van der Waals surface area contributed by atoms with E-state index in [0.29, 0.717) is 0 Å². The first-order chi connectivity index (χ1) is 12.6. The number of benzene rings is 2. The lowest BCUT2D eigenvalue weighted by molar-refractivity contribution is 0.555. The molecule has 0 aliphatic rings. The predicted octanol–water partition coefficient (Wildman–Crippen LogP) is 6.69. The topological polar surface area (TPSA) is 30.7 Å². The molecular formula is C20H18ClN3S2. The van der Waals surface area contributed by atoms with Gasteiger partial charge in [-0.25, -0.2) is 0 Å². The quantitative estimate of drug-likeness (QED) is 0.350. The second kappa shape index (κ2) is 7.43. The van der Waals surface area contributed by atoms with Gasteiger partial charge in [0.25, 0.3) is 0 Å². The van der Waals surface area contributed by atoms with E-state index in [1.54, 1.807) is 23.1 Å². The van der Waals surface area contributed by atoms with Gasteiger partial charge in [0.1, 0.15) is 0 Å². The lowest BCUT2D eigenvalue weighted by Crippen LogP contribution is -2.05. The van der Waals surface area contributed by atoms with Crippen LogP contribution in [0.2, 0.25) is 5.02 Å². The molecule has 2 heterocycles. The van der Waals surface area contributed by atoms with E-state index < -0.39 is 0 Å². The lowest BCUT2D eigenvalue weighted by atomic mass is 10.1. The number of hydrogen-bond acceptors (Lipinski definition) is 4. The predicted molar refractivity (Wildman–Crippen MR) is 112 cm³/mol. The molecule has 4 rings (SSSR count). The fourth-order valence-electron chi connectivity index (χ4n) is 2.90. The van der Waals surface area contributed by atoms with Crippen LogP contribution >= 0.6 is 34.7 Å². The Kier molecular flexibility index (Phi) is 5.02. The van der Waals surface area contributed by atoms with Crippen molar-refractivity contribution >= 4 is 44.8 Å². The molecule has 2 aromatic heterocycles. The van der Waals surface area contributed by atoms with Gasteiger partial charge in [0, 0.05) is 37.8 Å². The Balaban J connectivity index is 1.68. The first-order valence-electron chi connectivity index (χ1n) is 8.42. The summed E-state index contributed by atoms with van der Waals surface area (Å²) in [7, 11) is 0. The van der Waals surface area contributed by atoms with E-state index in [9.17, 15) is 0 Å². The summed E-state index contributed by atoms with van der Waals surface area (Å²) in [4.78, 5) is 0. The first kappa shape index (κ1) is 17.6. The number of thiophene rings is 1. The molecule has 0 aliphatic carbocycles. The van der Waals surface area contributed by atoms with E-state index in [2.05, 4.69) is 70.4 Å². The molecule has 0 N–H and O–H groups in total. The van der Waals surface area contributed by atoms with Crippen LogP contribution in [-0.4, -0.2) is 14.8 Å². The Labute approximate surface area is 166 Å². The standard InChI is InChI=1S/C20H18ClN3S2/c1-13(2)24-19(17-12-25-18-6-4-3-5-16(17)18)22-23-20(24)26-11-14-7-9-15(21)10-8-14/h3-10,12-13H,11H2,1-2H3. The second-order valence-electron chi connectivity index (χ2n) is 6.33. The Morgan fingerprint density at radius 2 is 1.85 bits per heavy atom. The zero-order valence-electron chi connectivity index (χ0n) is 14.5. The first-order valence-corrected chi connectivity index (χ1v) is 10.7. The van der Waals surface area contributed by atoms with Gasteiger partial charge in [-0.15, -0.1) is 21.5 Å². The molecule has 0 saturated carbocycles. The van der Waals surface area contributed by atoms with E-state index >= 15 is 0 Å². The molecule has 4 aromatic rings. The van der Waals surface area contributed by atoms with Crippen molar-refractivity contribution in [1.29, 1.82) is 0 Å². The fourth-order valence-corrected chi connectivity index (χ4v) is 4.99. The maximum absolute atomic E-state index is 5.97. The number of rotatable bonds is 5. The van der Waals surface area contributed by atoms with Gasteiger partial charge in [0.2, 0.25) is 0 Å². The van der Waals surface area contributed by atoms with Crippen LogP contribution in [0.5, 0.6) is 0 Å². The second-order valence-corrected chi connectivity index (χ2v) is 8.62. The van der Waals surface area contributed by atoms with Crippen LogP contribution in [0.25, 0.3) is 21.5 Å².